The minimum Gasteiger partial charge on any atom is -0.147 e. The Kier molecular flexibility index (Phi) is 9.47. The average molecular weight is 821 g/mol. The van der Waals surface area contributed by atoms with Crippen molar-refractivity contribution in [1.29, 1.82) is 0 Å². The maximum Gasteiger partial charge on any atom is -0.147 e. The van der Waals surface area contributed by atoms with E-state index in [2.05, 4.69) is 160 Å². The zero-order valence-corrected chi connectivity index (χ0v) is 33.1. The van der Waals surface area contributed by atoms with Crippen molar-refractivity contribution in [3.8, 4) is 0 Å². The van der Waals surface area contributed by atoms with Gasteiger partial charge < -0.3 is 0 Å². The number of rotatable bonds is 5. The van der Waals surface area contributed by atoms with Gasteiger partial charge in [0.25, 0.3) is 0 Å². The standard InChI is InChI=1S/2C20H15.C2H7Si.2ClH.Hf/c2*1-14-13-16-8-3-5-11-18(16)20(14)19-12-6-9-15-7-2-4-10-17(15)19;1-3-2;;;/h2*2-13H,1H3;3H,1-2H3;2*1H;. The number of halogens is 2. The van der Waals surface area contributed by atoms with Crippen LogP contribution >= 0.6 is 24.8 Å². The molecule has 0 amide bonds. The molecule has 0 spiro atoms. The first-order valence-corrected chi connectivity index (χ1v) is 29.2. The molecule has 6 aromatic rings. The van der Waals surface area contributed by atoms with Crippen LogP contribution in [0.15, 0.2) is 145 Å². The Morgan fingerprint density at radius 3 is 1.22 bits per heavy atom. The molecule has 2 atom stereocenters. The molecular weight excluding hydrogens is 782 g/mol. The van der Waals surface area contributed by atoms with Crippen LogP contribution in [0.2, 0.25) is 13.1 Å². The van der Waals surface area contributed by atoms with Gasteiger partial charge in [0.15, 0.2) is 0 Å². The van der Waals surface area contributed by atoms with Crippen LogP contribution in [-0.4, -0.2) is 5.98 Å². The third-order valence-corrected chi connectivity index (χ3v) is 41.5. The predicted octanol–water partition coefficient (Wildman–Crippen LogP) is 11.9. The second kappa shape index (κ2) is 13.2. The maximum atomic E-state index is 2.68. The van der Waals surface area contributed by atoms with Crippen LogP contribution in [0, 0.1) is 0 Å². The molecule has 0 saturated carbocycles. The predicted molar refractivity (Wildman–Crippen MR) is 203 cm³/mol. The van der Waals surface area contributed by atoms with Gasteiger partial charge in [0.1, 0.15) is 0 Å². The number of benzene rings is 6. The van der Waals surface area contributed by atoms with Gasteiger partial charge in [-0.05, 0) is 0 Å². The molecule has 0 saturated heterocycles. The van der Waals surface area contributed by atoms with Gasteiger partial charge in [0.05, 0.1) is 0 Å². The first-order chi connectivity index (χ1) is 21.5. The average Bonchev–Trinajstić information content (AvgIpc) is 3.50. The van der Waals surface area contributed by atoms with E-state index in [1.165, 1.54) is 54.9 Å². The second-order valence-corrected chi connectivity index (χ2v) is 40.8. The van der Waals surface area contributed by atoms with Gasteiger partial charge in [-0.1, -0.05) is 0 Å². The Balaban J connectivity index is 0.00000186. The summed E-state index contributed by atoms with van der Waals surface area (Å²) in [6.45, 7) is 10.4. The van der Waals surface area contributed by atoms with Crippen LogP contribution < -0.4 is 0 Å². The maximum absolute atomic E-state index is 2.68. The molecule has 0 radical (unpaired) electrons. The van der Waals surface area contributed by atoms with Gasteiger partial charge in [-0.15, -0.1) is 24.8 Å². The summed E-state index contributed by atoms with van der Waals surface area (Å²) >= 11 is -2.48. The molecule has 0 aromatic heterocycles. The van der Waals surface area contributed by atoms with Gasteiger partial charge >= 0.3 is 272 Å². The Bertz CT molecular complexity index is 2000. The van der Waals surface area contributed by atoms with Crippen molar-refractivity contribution < 1.29 is 20.6 Å². The van der Waals surface area contributed by atoms with Crippen LogP contribution in [0.5, 0.6) is 0 Å². The smallest absolute Gasteiger partial charge is 0.147 e. The van der Waals surface area contributed by atoms with Gasteiger partial charge in [-0.25, -0.2) is 0 Å². The fourth-order valence-corrected chi connectivity index (χ4v) is 41.4. The summed E-state index contributed by atoms with van der Waals surface area (Å²) in [5.74, 6) is -0.983. The molecule has 2 aliphatic carbocycles. The summed E-state index contributed by atoms with van der Waals surface area (Å²) in [6.07, 6.45) is 0. The molecule has 2 aliphatic rings. The molecule has 0 fully saturated rings. The van der Waals surface area contributed by atoms with E-state index in [1.807, 2.05) is 0 Å². The third kappa shape index (κ3) is 5.13. The van der Waals surface area contributed by atoms with Gasteiger partial charge in [-0.3, -0.25) is 0 Å². The Morgan fingerprint density at radius 2 is 0.783 bits per heavy atom. The summed E-state index contributed by atoms with van der Waals surface area (Å²) in [5.41, 5.74) is 15.3. The summed E-state index contributed by atoms with van der Waals surface area (Å²) < 4.78 is 1.22. The monoisotopic (exact) mass is 821 g/mol. The summed E-state index contributed by atoms with van der Waals surface area (Å²) in [4.78, 5) is 0. The summed E-state index contributed by atoms with van der Waals surface area (Å²) in [5, 5.41) is 5.39. The zero-order valence-electron chi connectivity index (χ0n) is 26.8. The molecule has 2 unspecified atom stereocenters. The minimum atomic E-state index is -2.48. The SMILES string of the molecule is CC1=C(c2cccc3ccccc23)c2ccccc2[CH]1[Hf]([CH]1C(C)=C(c2cccc3ccccc23)c2ccccc21)[SiH](C)C.Cl.Cl. The molecule has 0 N–H and O–H groups in total. The zero-order chi connectivity index (χ0) is 29.9. The van der Waals surface area contributed by atoms with E-state index in [-0.39, 0.29) is 24.8 Å². The van der Waals surface area contributed by atoms with Crippen LogP contribution in [0.1, 0.15) is 54.6 Å². The largest absolute Gasteiger partial charge is 0.147 e. The first-order valence-electron chi connectivity index (χ1n) is 16.0. The van der Waals surface area contributed by atoms with Crippen molar-refractivity contribution in [2.75, 3.05) is 0 Å². The van der Waals surface area contributed by atoms with Gasteiger partial charge in [0, 0.05) is 0 Å². The fourth-order valence-electron chi connectivity index (χ4n) is 8.43. The topological polar surface area (TPSA) is 0 Å². The molecular formula is C42H39Cl2HfSi. The molecule has 229 valence electrons. The molecule has 0 bridgehead atoms. The molecule has 46 heavy (non-hydrogen) atoms. The molecule has 8 rings (SSSR count). The van der Waals surface area contributed by atoms with Crippen LogP contribution in [0.3, 0.4) is 0 Å². The molecule has 4 heteroatoms. The van der Waals surface area contributed by atoms with Gasteiger partial charge in [0.2, 0.25) is 0 Å². The Morgan fingerprint density at radius 1 is 0.435 bits per heavy atom. The Labute approximate surface area is 294 Å². The number of allylic oxidation sites excluding steroid dienone is 2. The van der Waals surface area contributed by atoms with Crippen LogP contribution in [0.25, 0.3) is 32.7 Å². The first kappa shape index (κ1) is 32.9. The van der Waals surface area contributed by atoms with E-state index in [4.69, 9.17) is 0 Å². The van der Waals surface area contributed by atoms with Crippen LogP contribution in [0.4, 0.5) is 0 Å². The second-order valence-electron chi connectivity index (χ2n) is 12.9. The van der Waals surface area contributed by atoms with Crippen molar-refractivity contribution in [3.63, 3.8) is 0 Å². The molecule has 0 nitrogen and oxygen atoms in total. The normalized spacial score (nSPS) is 16.8. The van der Waals surface area contributed by atoms with Crippen LogP contribution in [-0.2, 0) is 20.6 Å². The van der Waals surface area contributed by atoms with Crippen molar-refractivity contribution in [1.82, 2.24) is 0 Å². The summed E-state index contributed by atoms with van der Waals surface area (Å²) in [6, 6.07) is 50.5. The van der Waals surface area contributed by atoms with E-state index in [9.17, 15) is 0 Å². The van der Waals surface area contributed by atoms with E-state index in [0.717, 1.165) is 0 Å². The van der Waals surface area contributed by atoms with Crippen molar-refractivity contribution in [3.05, 3.63) is 178 Å². The molecule has 6 aromatic carbocycles. The molecule has 0 aliphatic heterocycles. The quantitative estimate of drug-likeness (QED) is 0.152. The van der Waals surface area contributed by atoms with Crippen molar-refractivity contribution in [2.24, 2.45) is 0 Å². The fraction of sp³-hybridized carbons (Fsp3) is 0.143. The van der Waals surface area contributed by atoms with Gasteiger partial charge in [-0.2, -0.15) is 0 Å². The third-order valence-electron chi connectivity index (χ3n) is 10.2. The number of fused-ring (bicyclic) bond motifs is 4. The van der Waals surface area contributed by atoms with E-state index in [0.29, 0.717) is 7.35 Å². The number of hydrogen-bond acceptors (Lipinski definition) is 0. The minimum absolute atomic E-state index is 0. The molecule has 0 heterocycles. The van der Waals surface area contributed by atoms with E-state index >= 15 is 0 Å². The van der Waals surface area contributed by atoms with Crippen molar-refractivity contribution in [2.45, 2.75) is 34.3 Å². The summed E-state index contributed by atoms with van der Waals surface area (Å²) in [7, 11) is 0. The van der Waals surface area contributed by atoms with E-state index in [1.54, 1.807) is 22.3 Å². The number of hydrogen-bond donors (Lipinski definition) is 0. The van der Waals surface area contributed by atoms with E-state index < -0.39 is 26.6 Å². The Hall–Kier alpha value is -3.01. The van der Waals surface area contributed by atoms with Crippen molar-refractivity contribution >= 4 is 63.5 Å².